The molecule has 0 atom stereocenters. The van der Waals surface area contributed by atoms with Gasteiger partial charge in [0.25, 0.3) is 5.56 Å². The van der Waals surface area contributed by atoms with Gasteiger partial charge >= 0.3 is 0 Å². The second-order valence-electron chi connectivity index (χ2n) is 2.62. The molecule has 0 saturated carbocycles. The molecule has 1 aromatic heterocycles. The summed E-state index contributed by atoms with van der Waals surface area (Å²) in [5.41, 5.74) is -0.473. The molecule has 0 aromatic carbocycles. The second kappa shape index (κ2) is 4.94. The lowest BCUT2D eigenvalue weighted by Crippen LogP contribution is -2.29. The van der Waals surface area contributed by atoms with Crippen LogP contribution < -0.4 is 10.9 Å². The van der Waals surface area contributed by atoms with Crippen LogP contribution in [0.2, 0.25) is 5.02 Å². The third kappa shape index (κ3) is 2.69. The maximum atomic E-state index is 11.0. The van der Waals surface area contributed by atoms with E-state index in [1.54, 1.807) is 0 Å². The number of nitrogens with one attached hydrogen (secondary N) is 2. The van der Waals surface area contributed by atoms with Crippen molar-refractivity contribution in [2.75, 3.05) is 18.5 Å². The van der Waals surface area contributed by atoms with Crippen molar-refractivity contribution in [3.63, 3.8) is 0 Å². The van der Waals surface area contributed by atoms with Gasteiger partial charge in [0.15, 0.2) is 0 Å². The molecule has 7 heteroatoms. The Morgan fingerprint density at radius 2 is 2.21 bits per heavy atom. The number of halogens is 1. The standard InChI is InChI=1S/C7H10ClN3O3/c8-5-1-9-7(11-6(5)14)10-4(2-12)3-13/h1,4,12-13H,2-3H2,(H2,9,10,11,14). The van der Waals surface area contributed by atoms with Crippen molar-refractivity contribution in [1.82, 2.24) is 9.97 Å². The molecule has 78 valence electrons. The van der Waals surface area contributed by atoms with Crippen LogP contribution in [0.4, 0.5) is 5.95 Å². The Balaban J connectivity index is 2.77. The van der Waals surface area contributed by atoms with Crippen molar-refractivity contribution >= 4 is 17.5 Å². The molecule has 0 spiro atoms. The predicted octanol–water partition coefficient (Wildman–Crippen LogP) is -0.812. The zero-order valence-electron chi connectivity index (χ0n) is 7.20. The fourth-order valence-electron chi connectivity index (χ4n) is 0.795. The quantitative estimate of drug-likeness (QED) is 0.531. The van der Waals surface area contributed by atoms with Crippen molar-refractivity contribution in [3.05, 3.63) is 21.6 Å². The SMILES string of the molecule is O=c1[nH]c(NC(CO)CO)ncc1Cl. The van der Waals surface area contributed by atoms with E-state index < -0.39 is 11.6 Å². The minimum absolute atomic E-state index is 0.0138. The Hall–Kier alpha value is -1.11. The molecule has 0 aliphatic heterocycles. The molecule has 1 heterocycles. The molecular weight excluding hydrogens is 210 g/mol. The molecule has 6 nitrogen and oxygen atoms in total. The molecule has 0 fully saturated rings. The lowest BCUT2D eigenvalue weighted by Gasteiger charge is -2.12. The van der Waals surface area contributed by atoms with Gasteiger partial charge in [0.2, 0.25) is 5.95 Å². The molecule has 4 N–H and O–H groups in total. The monoisotopic (exact) mass is 219 g/mol. The Kier molecular flexibility index (Phi) is 3.87. The summed E-state index contributed by atoms with van der Waals surface area (Å²) in [6.07, 6.45) is 1.19. The first-order valence-electron chi connectivity index (χ1n) is 3.90. The number of aromatic nitrogens is 2. The van der Waals surface area contributed by atoms with Gasteiger partial charge in [0.05, 0.1) is 25.5 Å². The predicted molar refractivity (Wildman–Crippen MR) is 51.5 cm³/mol. The molecule has 0 aliphatic rings. The van der Waals surface area contributed by atoms with Crippen molar-refractivity contribution in [1.29, 1.82) is 0 Å². The summed E-state index contributed by atoms with van der Waals surface area (Å²) < 4.78 is 0. The van der Waals surface area contributed by atoms with Crippen LogP contribution in [0.25, 0.3) is 0 Å². The van der Waals surface area contributed by atoms with Crippen LogP contribution in [-0.4, -0.2) is 39.4 Å². The van der Waals surface area contributed by atoms with Gasteiger partial charge in [0, 0.05) is 0 Å². The fourth-order valence-corrected chi connectivity index (χ4v) is 0.891. The van der Waals surface area contributed by atoms with Crippen LogP contribution in [0, 0.1) is 0 Å². The number of nitrogens with zero attached hydrogens (tertiary/aromatic N) is 1. The number of hydrogen-bond acceptors (Lipinski definition) is 5. The summed E-state index contributed by atoms with van der Waals surface area (Å²) in [5, 5.41) is 20.1. The van der Waals surface area contributed by atoms with Crippen molar-refractivity contribution in [2.24, 2.45) is 0 Å². The highest BCUT2D eigenvalue weighted by Gasteiger charge is 2.07. The minimum Gasteiger partial charge on any atom is -0.394 e. The van der Waals surface area contributed by atoms with E-state index in [-0.39, 0.29) is 24.2 Å². The van der Waals surface area contributed by atoms with E-state index in [1.165, 1.54) is 6.20 Å². The molecule has 0 amide bonds. The molecular formula is C7H10ClN3O3. The first-order valence-corrected chi connectivity index (χ1v) is 4.28. The van der Waals surface area contributed by atoms with E-state index in [0.29, 0.717) is 0 Å². The number of rotatable bonds is 4. The first-order chi connectivity index (χ1) is 6.67. The highest BCUT2D eigenvalue weighted by atomic mass is 35.5. The minimum atomic E-state index is -0.556. The van der Waals surface area contributed by atoms with Crippen LogP contribution in [-0.2, 0) is 0 Å². The molecule has 0 saturated heterocycles. The van der Waals surface area contributed by atoms with Gasteiger partial charge in [-0.15, -0.1) is 0 Å². The van der Waals surface area contributed by atoms with Gasteiger partial charge in [-0.3, -0.25) is 9.78 Å². The average molecular weight is 220 g/mol. The summed E-state index contributed by atoms with van der Waals surface area (Å²) in [5.74, 6) is 0.160. The van der Waals surface area contributed by atoms with Crippen molar-refractivity contribution in [3.8, 4) is 0 Å². The van der Waals surface area contributed by atoms with Gasteiger partial charge in [-0.2, -0.15) is 0 Å². The van der Waals surface area contributed by atoms with E-state index in [4.69, 9.17) is 21.8 Å². The molecule has 14 heavy (non-hydrogen) atoms. The summed E-state index contributed by atoms with van der Waals surface area (Å²) >= 11 is 5.45. The number of hydrogen-bond donors (Lipinski definition) is 4. The van der Waals surface area contributed by atoms with E-state index in [9.17, 15) is 4.79 Å². The summed E-state index contributed by atoms with van der Waals surface area (Å²) in [4.78, 5) is 17.1. The van der Waals surface area contributed by atoms with Crippen LogP contribution in [0.1, 0.15) is 0 Å². The first kappa shape index (κ1) is 11.0. The van der Waals surface area contributed by atoms with E-state index in [0.717, 1.165) is 0 Å². The maximum absolute atomic E-state index is 11.0. The van der Waals surface area contributed by atoms with Crippen LogP contribution in [0.5, 0.6) is 0 Å². The third-order valence-electron chi connectivity index (χ3n) is 1.54. The lowest BCUT2D eigenvalue weighted by molar-refractivity contribution is 0.203. The Morgan fingerprint density at radius 1 is 1.57 bits per heavy atom. The van der Waals surface area contributed by atoms with Crippen molar-refractivity contribution < 1.29 is 10.2 Å². The molecule has 0 aliphatic carbocycles. The molecule has 1 rings (SSSR count). The van der Waals surface area contributed by atoms with Gasteiger partial charge in [0.1, 0.15) is 5.02 Å². The average Bonchev–Trinajstić information content (AvgIpc) is 2.19. The van der Waals surface area contributed by atoms with Crippen LogP contribution in [0.15, 0.2) is 11.0 Å². The molecule has 0 unspecified atom stereocenters. The van der Waals surface area contributed by atoms with Crippen LogP contribution in [0.3, 0.4) is 0 Å². The van der Waals surface area contributed by atoms with Gasteiger partial charge in [-0.1, -0.05) is 11.6 Å². The molecule has 1 aromatic rings. The van der Waals surface area contributed by atoms with E-state index in [2.05, 4.69) is 15.3 Å². The maximum Gasteiger partial charge on any atom is 0.271 e. The zero-order valence-corrected chi connectivity index (χ0v) is 7.95. The Morgan fingerprint density at radius 3 is 2.71 bits per heavy atom. The lowest BCUT2D eigenvalue weighted by atomic mass is 10.3. The highest BCUT2D eigenvalue weighted by molar-refractivity contribution is 6.30. The Bertz CT molecular complexity index is 350. The number of aliphatic hydroxyl groups is 2. The normalized spacial score (nSPS) is 10.6. The fraction of sp³-hybridized carbons (Fsp3) is 0.429. The largest absolute Gasteiger partial charge is 0.394 e. The summed E-state index contributed by atoms with van der Waals surface area (Å²) in [6, 6.07) is -0.556. The smallest absolute Gasteiger partial charge is 0.271 e. The summed E-state index contributed by atoms with van der Waals surface area (Å²) in [7, 11) is 0. The van der Waals surface area contributed by atoms with Gasteiger partial charge in [-0.25, -0.2) is 4.98 Å². The van der Waals surface area contributed by atoms with Gasteiger partial charge in [-0.05, 0) is 0 Å². The van der Waals surface area contributed by atoms with Gasteiger partial charge < -0.3 is 15.5 Å². The zero-order chi connectivity index (χ0) is 10.6. The number of aliphatic hydroxyl groups excluding tert-OH is 2. The Labute approximate surface area is 84.6 Å². The molecule has 0 radical (unpaired) electrons. The summed E-state index contributed by atoms with van der Waals surface area (Å²) in [6.45, 7) is -0.522. The number of anilines is 1. The number of aromatic amines is 1. The van der Waals surface area contributed by atoms with Crippen molar-refractivity contribution in [2.45, 2.75) is 6.04 Å². The van der Waals surface area contributed by atoms with E-state index in [1.807, 2.05) is 0 Å². The third-order valence-corrected chi connectivity index (χ3v) is 1.81. The highest BCUT2D eigenvalue weighted by Crippen LogP contribution is 2.01. The van der Waals surface area contributed by atoms with Crippen LogP contribution >= 0.6 is 11.6 Å². The number of H-pyrrole nitrogens is 1. The second-order valence-corrected chi connectivity index (χ2v) is 3.02. The van der Waals surface area contributed by atoms with E-state index >= 15 is 0 Å². The topological polar surface area (TPSA) is 98.2 Å². The molecule has 0 bridgehead atoms.